The maximum Gasteiger partial charge on any atom is 0.314 e. The fourth-order valence-corrected chi connectivity index (χ4v) is 5.33. The number of fused-ring (bicyclic) bond motifs is 3. The van der Waals surface area contributed by atoms with E-state index in [-0.39, 0.29) is 0 Å². The number of aliphatic carboxylic acids is 1. The summed E-state index contributed by atoms with van der Waals surface area (Å²) in [6, 6.07) is 6.37. The first-order chi connectivity index (χ1) is 11.7. The zero-order chi connectivity index (χ0) is 16.3. The van der Waals surface area contributed by atoms with Crippen LogP contribution in [0, 0.1) is 0 Å². The Morgan fingerprint density at radius 3 is 2.62 bits per heavy atom. The number of carbonyl (C=O) groups is 1. The molecule has 4 heterocycles. The molecule has 1 aromatic heterocycles. The maximum absolute atomic E-state index is 12.2. The van der Waals surface area contributed by atoms with Crippen LogP contribution in [-0.2, 0) is 10.2 Å². The van der Waals surface area contributed by atoms with Crippen LogP contribution in [0.2, 0.25) is 0 Å². The van der Waals surface area contributed by atoms with Gasteiger partial charge in [0.15, 0.2) is 0 Å². The number of nitrogens with one attached hydrogen (secondary N) is 1. The van der Waals surface area contributed by atoms with Crippen molar-refractivity contribution in [3.63, 3.8) is 0 Å². The van der Waals surface area contributed by atoms with Crippen molar-refractivity contribution in [3.05, 3.63) is 29.3 Å². The van der Waals surface area contributed by atoms with Gasteiger partial charge in [0.25, 0.3) is 0 Å². The Hall–Kier alpha value is -1.97. The number of anilines is 1. The Labute approximate surface area is 141 Å². The lowest BCUT2D eigenvalue weighted by molar-refractivity contribution is -0.145. The van der Waals surface area contributed by atoms with Crippen LogP contribution < -0.4 is 4.90 Å². The van der Waals surface area contributed by atoms with E-state index in [0.717, 1.165) is 50.8 Å². The monoisotopic (exact) mass is 324 g/mol. The van der Waals surface area contributed by atoms with Gasteiger partial charge in [-0.3, -0.25) is 4.79 Å². The first-order valence-electron chi connectivity index (χ1n) is 9.33. The van der Waals surface area contributed by atoms with Crippen molar-refractivity contribution in [1.82, 2.24) is 4.98 Å². The smallest absolute Gasteiger partial charge is 0.314 e. The number of H-pyrrole nitrogens is 1. The minimum Gasteiger partial charge on any atom is -0.481 e. The number of benzene rings is 1. The molecule has 126 valence electrons. The zero-order valence-electron chi connectivity index (χ0n) is 14.0. The van der Waals surface area contributed by atoms with E-state index in [1.165, 1.54) is 35.1 Å². The van der Waals surface area contributed by atoms with Gasteiger partial charge in [-0.05, 0) is 49.3 Å². The van der Waals surface area contributed by atoms with Crippen LogP contribution in [0.4, 0.5) is 5.82 Å². The lowest BCUT2D eigenvalue weighted by Crippen LogP contribution is -2.38. The highest BCUT2D eigenvalue weighted by Gasteiger charge is 2.42. The molecule has 0 atom stereocenters. The summed E-state index contributed by atoms with van der Waals surface area (Å²) in [7, 11) is 0. The van der Waals surface area contributed by atoms with Crippen LogP contribution in [-0.4, -0.2) is 29.1 Å². The molecule has 1 saturated heterocycles. The quantitative estimate of drug-likeness (QED) is 0.872. The van der Waals surface area contributed by atoms with Gasteiger partial charge in [0, 0.05) is 29.6 Å². The molecule has 6 rings (SSSR count). The molecule has 3 aliphatic heterocycles. The highest BCUT2D eigenvalue weighted by Crippen LogP contribution is 2.47. The van der Waals surface area contributed by atoms with Crippen LogP contribution in [0.3, 0.4) is 0 Å². The molecule has 4 aliphatic rings. The summed E-state index contributed by atoms with van der Waals surface area (Å²) in [6.45, 7) is 2.30. The van der Waals surface area contributed by atoms with Gasteiger partial charge < -0.3 is 15.0 Å². The molecule has 2 bridgehead atoms. The summed E-state index contributed by atoms with van der Waals surface area (Å²) < 4.78 is 0. The second kappa shape index (κ2) is 5.01. The summed E-state index contributed by atoms with van der Waals surface area (Å²) in [5.74, 6) is 1.29. The second-order valence-electron chi connectivity index (χ2n) is 7.86. The molecule has 24 heavy (non-hydrogen) atoms. The number of hydrogen-bond acceptors (Lipinski definition) is 2. The van der Waals surface area contributed by atoms with Crippen LogP contribution in [0.15, 0.2) is 18.2 Å². The molecule has 0 amide bonds. The average Bonchev–Trinajstić information content (AvgIpc) is 3.04. The number of aromatic nitrogens is 1. The molecule has 0 unspecified atom stereocenters. The molecule has 1 saturated carbocycles. The molecular formula is C20H24N2O2. The van der Waals surface area contributed by atoms with Crippen LogP contribution in [0.25, 0.3) is 10.9 Å². The van der Waals surface area contributed by atoms with Crippen LogP contribution in [0.1, 0.15) is 62.0 Å². The molecule has 4 nitrogen and oxygen atoms in total. The Balaban J connectivity index is 1.68. The van der Waals surface area contributed by atoms with Crippen molar-refractivity contribution in [2.75, 3.05) is 18.0 Å². The Morgan fingerprint density at radius 2 is 1.92 bits per heavy atom. The molecule has 0 spiro atoms. The third-order valence-electron chi connectivity index (χ3n) is 6.71. The Morgan fingerprint density at radius 1 is 1.17 bits per heavy atom. The molecule has 1 aromatic carbocycles. The Bertz CT molecular complexity index is 808. The molecule has 0 radical (unpaired) electrons. The van der Waals surface area contributed by atoms with Crippen molar-refractivity contribution < 1.29 is 9.90 Å². The van der Waals surface area contributed by atoms with Crippen LogP contribution >= 0.6 is 0 Å². The normalized spacial score (nSPS) is 22.8. The second-order valence-corrected chi connectivity index (χ2v) is 7.86. The first-order valence-corrected chi connectivity index (χ1v) is 9.33. The number of carboxylic acids is 1. The fraction of sp³-hybridized carbons (Fsp3) is 0.550. The summed E-state index contributed by atoms with van der Waals surface area (Å²) in [4.78, 5) is 18.2. The maximum atomic E-state index is 12.2. The molecular weight excluding hydrogens is 300 g/mol. The van der Waals surface area contributed by atoms with E-state index in [1.54, 1.807) is 0 Å². The van der Waals surface area contributed by atoms with Gasteiger partial charge in [-0.15, -0.1) is 0 Å². The molecule has 2 fully saturated rings. The highest BCUT2D eigenvalue weighted by atomic mass is 16.4. The Kier molecular flexibility index (Phi) is 3.00. The lowest BCUT2D eigenvalue weighted by Gasteiger charge is -2.40. The van der Waals surface area contributed by atoms with Crippen molar-refractivity contribution >= 4 is 22.7 Å². The number of aromatic amines is 1. The van der Waals surface area contributed by atoms with E-state index >= 15 is 0 Å². The van der Waals surface area contributed by atoms with Crippen molar-refractivity contribution in [2.24, 2.45) is 0 Å². The number of hydrogen-bond donors (Lipinski definition) is 2. The van der Waals surface area contributed by atoms with Crippen molar-refractivity contribution in [2.45, 2.75) is 56.3 Å². The zero-order valence-corrected chi connectivity index (χ0v) is 14.0. The van der Waals surface area contributed by atoms with Gasteiger partial charge >= 0.3 is 5.97 Å². The molecule has 4 heteroatoms. The number of nitrogens with zero attached hydrogens (tertiary/aromatic N) is 1. The topological polar surface area (TPSA) is 56.3 Å². The van der Waals surface area contributed by atoms with Crippen molar-refractivity contribution in [1.29, 1.82) is 0 Å². The average molecular weight is 324 g/mol. The minimum absolute atomic E-state index is 0.640. The third-order valence-corrected chi connectivity index (χ3v) is 6.71. The molecule has 2 aromatic rings. The van der Waals surface area contributed by atoms with Crippen molar-refractivity contribution in [3.8, 4) is 0 Å². The predicted molar refractivity (Wildman–Crippen MR) is 94.9 cm³/mol. The highest BCUT2D eigenvalue weighted by molar-refractivity contribution is 5.93. The van der Waals surface area contributed by atoms with Gasteiger partial charge in [0.2, 0.25) is 0 Å². The molecule has 1 aliphatic carbocycles. The van der Waals surface area contributed by atoms with E-state index < -0.39 is 11.4 Å². The lowest BCUT2D eigenvalue weighted by atomic mass is 9.69. The summed E-state index contributed by atoms with van der Waals surface area (Å²) in [5, 5.41) is 11.3. The van der Waals surface area contributed by atoms with Gasteiger partial charge in [-0.1, -0.05) is 25.3 Å². The SMILES string of the molecule is O=C(O)C1(c2ccc3[nH]c4c(c3c2)C2CCN4CC2)CCCCC1. The fourth-order valence-electron chi connectivity index (χ4n) is 5.33. The summed E-state index contributed by atoms with van der Waals surface area (Å²) >= 11 is 0. The van der Waals surface area contributed by atoms with E-state index in [9.17, 15) is 9.90 Å². The van der Waals surface area contributed by atoms with Gasteiger partial charge in [0.05, 0.1) is 5.41 Å². The standard InChI is InChI=1S/C20H24N2O2/c23-19(24)20(8-2-1-3-9-20)14-4-5-16-15(12-14)17-13-6-10-22(11-7-13)18(17)21-16/h4-5,12-13,21H,1-3,6-11H2,(H,23,24). The first kappa shape index (κ1) is 14.4. The van der Waals surface area contributed by atoms with E-state index in [2.05, 4.69) is 28.1 Å². The molecule has 2 N–H and O–H groups in total. The number of rotatable bonds is 2. The minimum atomic E-state index is -0.676. The van der Waals surface area contributed by atoms with E-state index in [4.69, 9.17) is 0 Å². The van der Waals surface area contributed by atoms with Gasteiger partial charge in [0.1, 0.15) is 5.82 Å². The third kappa shape index (κ3) is 1.83. The van der Waals surface area contributed by atoms with E-state index in [1.807, 2.05) is 0 Å². The summed E-state index contributed by atoms with van der Waals surface area (Å²) in [6.07, 6.45) is 7.21. The largest absolute Gasteiger partial charge is 0.481 e. The van der Waals surface area contributed by atoms with Crippen LogP contribution in [0.5, 0.6) is 0 Å². The van der Waals surface area contributed by atoms with E-state index in [0.29, 0.717) is 5.92 Å². The summed E-state index contributed by atoms with van der Waals surface area (Å²) in [5.41, 5.74) is 2.95. The predicted octanol–water partition coefficient (Wildman–Crippen LogP) is 4.15. The number of piperidine rings is 1. The number of carboxylic acid groups (broad SMARTS) is 1. The van der Waals surface area contributed by atoms with Gasteiger partial charge in [-0.25, -0.2) is 0 Å². The van der Waals surface area contributed by atoms with Gasteiger partial charge in [-0.2, -0.15) is 0 Å².